The number of thiocarbonyl (C=S) groups is 1. The molecule has 0 amide bonds. The molecule has 2 heterocycles. The van der Waals surface area contributed by atoms with Gasteiger partial charge in [-0.1, -0.05) is 29.8 Å². The molecule has 1 aromatic carbocycles. The Labute approximate surface area is 163 Å². The lowest BCUT2D eigenvalue weighted by Crippen LogP contribution is -2.31. The summed E-state index contributed by atoms with van der Waals surface area (Å²) in [5, 5.41) is 16.5. The lowest BCUT2D eigenvalue weighted by molar-refractivity contribution is 0.613. The fourth-order valence-corrected chi connectivity index (χ4v) is 3.00. The van der Waals surface area contributed by atoms with E-state index in [0.29, 0.717) is 17.5 Å². The number of aryl methyl sites for hydroxylation is 1. The first-order chi connectivity index (χ1) is 12.5. The minimum absolute atomic E-state index is 0.00742. The number of rotatable bonds is 6. The topological polar surface area (TPSA) is 59.7 Å². The van der Waals surface area contributed by atoms with Crippen molar-refractivity contribution >= 4 is 34.7 Å². The zero-order chi connectivity index (χ0) is 18.5. The quantitative estimate of drug-likeness (QED) is 0.628. The van der Waals surface area contributed by atoms with E-state index >= 15 is 0 Å². The van der Waals surface area contributed by atoms with Crippen molar-refractivity contribution in [1.29, 1.82) is 0 Å². The number of benzene rings is 1. The van der Waals surface area contributed by atoms with E-state index in [0.717, 1.165) is 22.8 Å². The highest BCUT2D eigenvalue weighted by Gasteiger charge is 2.11. The third kappa shape index (κ3) is 4.62. The van der Waals surface area contributed by atoms with Crippen LogP contribution >= 0.6 is 23.8 Å². The summed E-state index contributed by atoms with van der Waals surface area (Å²) < 4.78 is 3.71. The highest BCUT2D eigenvalue weighted by Crippen LogP contribution is 2.16. The van der Waals surface area contributed by atoms with Gasteiger partial charge in [-0.05, 0) is 43.8 Å². The van der Waals surface area contributed by atoms with Crippen LogP contribution < -0.4 is 10.6 Å². The van der Waals surface area contributed by atoms with Gasteiger partial charge in [-0.25, -0.2) is 0 Å². The van der Waals surface area contributed by atoms with Crippen molar-refractivity contribution < 1.29 is 0 Å². The standard InChI is InChI=1S/C18H21ClN6S/c1-3-24-10-8-16(22-24)13(2)20-18(26)21-17-9-11-25(23-17)12-14-6-4-5-7-15(14)19/h4-11,13H,3,12H2,1-2H3,(H2,20,21,23,26). The second-order valence-electron chi connectivity index (χ2n) is 5.91. The van der Waals surface area contributed by atoms with Crippen molar-refractivity contribution in [3.8, 4) is 0 Å². The van der Waals surface area contributed by atoms with E-state index in [-0.39, 0.29) is 6.04 Å². The van der Waals surface area contributed by atoms with Gasteiger partial charge in [0.2, 0.25) is 0 Å². The zero-order valence-electron chi connectivity index (χ0n) is 14.7. The summed E-state index contributed by atoms with van der Waals surface area (Å²) in [4.78, 5) is 0. The van der Waals surface area contributed by atoms with Crippen molar-refractivity contribution in [2.45, 2.75) is 33.0 Å². The third-order valence-corrected chi connectivity index (χ3v) is 4.54. The molecule has 0 aliphatic carbocycles. The second kappa shape index (κ2) is 8.33. The van der Waals surface area contributed by atoms with Crippen molar-refractivity contribution in [3.63, 3.8) is 0 Å². The number of anilines is 1. The molecule has 0 saturated heterocycles. The largest absolute Gasteiger partial charge is 0.354 e. The molecule has 0 saturated carbocycles. The third-order valence-electron chi connectivity index (χ3n) is 3.95. The smallest absolute Gasteiger partial charge is 0.172 e. The summed E-state index contributed by atoms with van der Waals surface area (Å²) >= 11 is 11.6. The molecule has 2 N–H and O–H groups in total. The Morgan fingerprint density at radius 1 is 1.15 bits per heavy atom. The van der Waals surface area contributed by atoms with Gasteiger partial charge in [0.05, 0.1) is 18.3 Å². The van der Waals surface area contributed by atoms with Crippen molar-refractivity contribution in [3.05, 3.63) is 65.1 Å². The first kappa shape index (κ1) is 18.4. The molecule has 136 valence electrons. The molecule has 3 aromatic rings. The predicted molar refractivity (Wildman–Crippen MR) is 108 cm³/mol. The molecule has 8 heteroatoms. The highest BCUT2D eigenvalue weighted by atomic mass is 35.5. The number of aromatic nitrogens is 4. The maximum Gasteiger partial charge on any atom is 0.172 e. The molecule has 0 aliphatic rings. The lowest BCUT2D eigenvalue weighted by Gasteiger charge is -2.14. The Kier molecular flexibility index (Phi) is 5.90. The SMILES string of the molecule is CCn1ccc(C(C)NC(=S)Nc2ccn(Cc3ccccc3Cl)n2)n1. The highest BCUT2D eigenvalue weighted by molar-refractivity contribution is 7.80. The average Bonchev–Trinajstić information content (AvgIpc) is 3.26. The van der Waals surface area contributed by atoms with Crippen LogP contribution in [0.2, 0.25) is 5.02 Å². The Morgan fingerprint density at radius 3 is 2.65 bits per heavy atom. The lowest BCUT2D eigenvalue weighted by atomic mass is 10.2. The summed E-state index contributed by atoms with van der Waals surface area (Å²) in [6.45, 7) is 5.52. The van der Waals surface area contributed by atoms with Gasteiger partial charge in [0, 0.05) is 30.0 Å². The summed E-state index contributed by atoms with van der Waals surface area (Å²) in [5.74, 6) is 0.681. The number of nitrogens with one attached hydrogen (secondary N) is 2. The van der Waals surface area contributed by atoms with Gasteiger partial charge < -0.3 is 10.6 Å². The number of hydrogen-bond acceptors (Lipinski definition) is 3. The van der Waals surface area contributed by atoms with Crippen LogP contribution in [-0.4, -0.2) is 24.7 Å². The Morgan fingerprint density at radius 2 is 1.92 bits per heavy atom. The van der Waals surface area contributed by atoms with Gasteiger partial charge in [-0.3, -0.25) is 9.36 Å². The van der Waals surface area contributed by atoms with Crippen LogP contribution in [0.25, 0.3) is 0 Å². The maximum absolute atomic E-state index is 6.20. The normalized spacial score (nSPS) is 12.0. The summed E-state index contributed by atoms with van der Waals surface area (Å²) in [7, 11) is 0. The van der Waals surface area contributed by atoms with Crippen molar-refractivity contribution in [2.75, 3.05) is 5.32 Å². The molecular weight excluding hydrogens is 368 g/mol. The van der Waals surface area contributed by atoms with Gasteiger partial charge >= 0.3 is 0 Å². The van der Waals surface area contributed by atoms with Crippen molar-refractivity contribution in [2.24, 2.45) is 0 Å². The van der Waals surface area contributed by atoms with Crippen LogP contribution in [0.5, 0.6) is 0 Å². The molecule has 0 bridgehead atoms. The molecule has 2 aromatic heterocycles. The van der Waals surface area contributed by atoms with E-state index in [1.165, 1.54) is 0 Å². The predicted octanol–water partition coefficient (Wildman–Crippen LogP) is 3.85. The Hall–Kier alpha value is -2.38. The molecule has 0 spiro atoms. The molecular formula is C18H21ClN6S. The molecule has 1 atom stereocenters. The van der Waals surface area contributed by atoms with Crippen LogP contribution in [-0.2, 0) is 13.1 Å². The molecule has 26 heavy (non-hydrogen) atoms. The minimum Gasteiger partial charge on any atom is -0.354 e. The monoisotopic (exact) mass is 388 g/mol. The Bertz CT molecular complexity index is 887. The van der Waals surface area contributed by atoms with Gasteiger partial charge in [0.15, 0.2) is 10.9 Å². The summed E-state index contributed by atoms with van der Waals surface area (Å²) in [6, 6.07) is 11.6. The van der Waals surface area contributed by atoms with Gasteiger partial charge in [0.1, 0.15) is 0 Å². The van der Waals surface area contributed by atoms with Crippen molar-refractivity contribution in [1.82, 2.24) is 24.9 Å². The molecule has 0 fully saturated rings. The molecule has 0 aliphatic heterocycles. The van der Waals surface area contributed by atoms with Crippen LogP contribution in [0.1, 0.15) is 31.1 Å². The van der Waals surface area contributed by atoms with Crippen LogP contribution in [0.3, 0.4) is 0 Å². The number of halogens is 1. The summed E-state index contributed by atoms with van der Waals surface area (Å²) in [6.07, 6.45) is 3.85. The molecule has 1 unspecified atom stereocenters. The van der Waals surface area contributed by atoms with E-state index in [2.05, 4.69) is 27.8 Å². The number of nitrogens with zero attached hydrogens (tertiary/aromatic N) is 4. The number of hydrogen-bond donors (Lipinski definition) is 2. The maximum atomic E-state index is 6.20. The molecule has 3 rings (SSSR count). The zero-order valence-corrected chi connectivity index (χ0v) is 16.3. The van der Waals surface area contributed by atoms with E-state index in [1.54, 1.807) is 0 Å². The van der Waals surface area contributed by atoms with E-state index in [9.17, 15) is 0 Å². The van der Waals surface area contributed by atoms with Crippen LogP contribution in [0.4, 0.5) is 5.82 Å². The fraction of sp³-hybridized carbons (Fsp3) is 0.278. The first-order valence-electron chi connectivity index (χ1n) is 8.43. The molecule has 0 radical (unpaired) electrons. The minimum atomic E-state index is 0.00742. The van der Waals surface area contributed by atoms with Crippen LogP contribution in [0.15, 0.2) is 48.8 Å². The Balaban J connectivity index is 1.56. The second-order valence-corrected chi connectivity index (χ2v) is 6.72. The van der Waals surface area contributed by atoms with Gasteiger partial charge in [-0.15, -0.1) is 0 Å². The van der Waals surface area contributed by atoms with E-state index < -0.39 is 0 Å². The van der Waals surface area contributed by atoms with Crippen LogP contribution in [0, 0.1) is 0 Å². The molecule has 6 nitrogen and oxygen atoms in total. The first-order valence-corrected chi connectivity index (χ1v) is 9.21. The van der Waals surface area contributed by atoms with E-state index in [4.69, 9.17) is 23.8 Å². The fourth-order valence-electron chi connectivity index (χ4n) is 2.53. The van der Waals surface area contributed by atoms with Gasteiger partial charge in [0.25, 0.3) is 0 Å². The summed E-state index contributed by atoms with van der Waals surface area (Å²) in [5.41, 5.74) is 1.96. The van der Waals surface area contributed by atoms with E-state index in [1.807, 2.05) is 65.1 Å². The van der Waals surface area contributed by atoms with Gasteiger partial charge in [-0.2, -0.15) is 10.2 Å². The average molecular weight is 389 g/mol.